The van der Waals surface area contributed by atoms with Gasteiger partial charge in [-0.25, -0.2) is 4.79 Å². The summed E-state index contributed by atoms with van der Waals surface area (Å²) in [6.07, 6.45) is 1.51. The van der Waals surface area contributed by atoms with E-state index in [0.717, 1.165) is 11.6 Å². The van der Waals surface area contributed by atoms with Crippen molar-refractivity contribution in [3.63, 3.8) is 0 Å². The number of carbonyl (C=O) groups is 1. The molecule has 1 aromatic rings. The van der Waals surface area contributed by atoms with E-state index >= 15 is 0 Å². The molecule has 2 aliphatic heterocycles. The summed E-state index contributed by atoms with van der Waals surface area (Å²) in [5.41, 5.74) is 1.29. The molecule has 1 atom stereocenters. The molecule has 2 heterocycles. The monoisotopic (exact) mass is 384 g/mol. The van der Waals surface area contributed by atoms with Crippen LogP contribution in [0.4, 0.5) is 0 Å². The maximum atomic E-state index is 12.4. The Kier molecular flexibility index (Phi) is 4.08. The SMILES string of the molecule is COc1c2c(cc3c4cc(C(=O)O)cc(=O)c-4coc13)CC(C)(C)C(OC)O2. The molecular formula is C21H20O7. The zero-order valence-electron chi connectivity index (χ0n) is 16.0. The van der Waals surface area contributed by atoms with Gasteiger partial charge in [0, 0.05) is 29.5 Å². The first-order chi connectivity index (χ1) is 13.3. The fourth-order valence-corrected chi connectivity index (χ4v) is 3.86. The fraction of sp³-hybridized carbons (Fsp3) is 0.333. The van der Waals surface area contributed by atoms with Gasteiger partial charge in [-0.05, 0) is 24.1 Å². The Morgan fingerprint density at radius 3 is 2.61 bits per heavy atom. The quantitative estimate of drug-likeness (QED) is 0.690. The molecule has 1 aliphatic carbocycles. The van der Waals surface area contributed by atoms with E-state index in [0.29, 0.717) is 40.0 Å². The Labute approximate surface area is 160 Å². The van der Waals surface area contributed by atoms with Crippen LogP contribution < -0.4 is 14.9 Å². The zero-order chi connectivity index (χ0) is 20.2. The molecule has 0 saturated heterocycles. The highest BCUT2D eigenvalue weighted by Crippen LogP contribution is 2.48. The Morgan fingerprint density at radius 1 is 1.21 bits per heavy atom. The molecule has 0 radical (unpaired) electrons. The number of carboxylic acid groups (broad SMARTS) is 1. The predicted octanol–water partition coefficient (Wildman–Crippen LogP) is 3.54. The summed E-state index contributed by atoms with van der Waals surface area (Å²) < 4.78 is 22.8. The molecule has 0 aromatic heterocycles. The second kappa shape index (κ2) is 6.24. The molecule has 1 N–H and O–H groups in total. The lowest BCUT2D eigenvalue weighted by atomic mass is 9.81. The number of rotatable bonds is 3. The van der Waals surface area contributed by atoms with Gasteiger partial charge in [0.1, 0.15) is 6.26 Å². The lowest BCUT2D eigenvalue weighted by molar-refractivity contribution is -0.137. The number of ether oxygens (including phenoxy) is 3. The molecule has 28 heavy (non-hydrogen) atoms. The maximum Gasteiger partial charge on any atom is 0.335 e. The van der Waals surface area contributed by atoms with Crippen LogP contribution in [0, 0.1) is 5.41 Å². The molecule has 0 bridgehead atoms. The number of carboxylic acids is 1. The first kappa shape index (κ1) is 18.3. The fourth-order valence-electron chi connectivity index (χ4n) is 3.86. The van der Waals surface area contributed by atoms with E-state index in [9.17, 15) is 14.7 Å². The van der Waals surface area contributed by atoms with E-state index in [2.05, 4.69) is 0 Å². The third-order valence-electron chi connectivity index (χ3n) is 5.17. The largest absolute Gasteiger partial charge is 0.490 e. The number of hydrogen-bond donors (Lipinski definition) is 1. The van der Waals surface area contributed by atoms with Crippen LogP contribution in [0.1, 0.15) is 29.8 Å². The van der Waals surface area contributed by atoms with E-state index in [-0.39, 0.29) is 11.0 Å². The molecule has 7 nitrogen and oxygen atoms in total. The van der Waals surface area contributed by atoms with Gasteiger partial charge in [-0.1, -0.05) is 13.8 Å². The van der Waals surface area contributed by atoms with Gasteiger partial charge >= 0.3 is 5.97 Å². The Bertz CT molecular complexity index is 1130. The highest BCUT2D eigenvalue weighted by molar-refractivity contribution is 6.01. The smallest absolute Gasteiger partial charge is 0.335 e. The summed E-state index contributed by atoms with van der Waals surface area (Å²) in [6, 6.07) is 4.45. The molecule has 1 unspecified atom stereocenters. The summed E-state index contributed by atoms with van der Waals surface area (Å²) >= 11 is 0. The predicted molar refractivity (Wildman–Crippen MR) is 102 cm³/mol. The molecule has 1 aromatic carbocycles. The van der Waals surface area contributed by atoms with Crippen LogP contribution in [0.25, 0.3) is 22.1 Å². The average Bonchev–Trinajstić information content (AvgIpc) is 2.64. The van der Waals surface area contributed by atoms with Gasteiger partial charge in [0.15, 0.2) is 16.8 Å². The molecule has 0 amide bonds. The Morgan fingerprint density at radius 2 is 1.96 bits per heavy atom. The molecular weight excluding hydrogens is 364 g/mol. The molecule has 0 saturated carbocycles. The van der Waals surface area contributed by atoms with Crippen molar-refractivity contribution in [1.29, 1.82) is 0 Å². The van der Waals surface area contributed by atoms with Gasteiger partial charge in [0.25, 0.3) is 0 Å². The topological polar surface area (TPSA) is 95.2 Å². The molecule has 0 fully saturated rings. The van der Waals surface area contributed by atoms with Crippen LogP contribution in [-0.4, -0.2) is 31.6 Å². The Balaban J connectivity index is 2.08. The van der Waals surface area contributed by atoms with Crippen molar-refractivity contribution in [3.05, 3.63) is 45.8 Å². The van der Waals surface area contributed by atoms with E-state index in [4.69, 9.17) is 18.6 Å². The maximum absolute atomic E-state index is 12.4. The molecule has 0 spiro atoms. The first-order valence-corrected chi connectivity index (χ1v) is 8.78. The van der Waals surface area contributed by atoms with Crippen molar-refractivity contribution in [2.45, 2.75) is 26.6 Å². The molecule has 7 heteroatoms. The zero-order valence-corrected chi connectivity index (χ0v) is 16.0. The van der Waals surface area contributed by atoms with Gasteiger partial charge in [-0.2, -0.15) is 0 Å². The minimum Gasteiger partial charge on any atom is -0.490 e. The minimum atomic E-state index is -1.16. The summed E-state index contributed by atoms with van der Waals surface area (Å²) in [7, 11) is 3.10. The minimum absolute atomic E-state index is 0.0716. The first-order valence-electron chi connectivity index (χ1n) is 8.78. The van der Waals surface area contributed by atoms with Gasteiger partial charge in [-0.3, -0.25) is 4.79 Å². The standard InChI is InChI=1S/C21H20O7/c1-21(2)8-11-6-13-12-5-10(19(23)24)7-15(22)14(12)9-27-17(13)18(25-3)16(11)28-20(21)26-4/h5-7,9,20H,8H2,1-4H3,(H,23,24). The lowest BCUT2D eigenvalue weighted by Gasteiger charge is -2.39. The van der Waals surface area contributed by atoms with Crippen LogP contribution >= 0.6 is 0 Å². The second-order valence-corrected chi connectivity index (χ2v) is 7.60. The second-order valence-electron chi connectivity index (χ2n) is 7.60. The summed E-state index contributed by atoms with van der Waals surface area (Å²) in [5, 5.41) is 9.94. The highest BCUT2D eigenvalue weighted by atomic mass is 16.7. The summed E-state index contributed by atoms with van der Waals surface area (Å²) in [5.74, 6) is -0.244. The number of benzene rings is 2. The molecule has 146 valence electrons. The third kappa shape index (κ3) is 2.62. The van der Waals surface area contributed by atoms with Crippen LogP contribution in [0.3, 0.4) is 0 Å². The number of fused-ring (bicyclic) bond motifs is 4. The normalized spacial score (nSPS) is 17.9. The molecule has 3 aliphatic rings. The number of aromatic carboxylic acids is 1. The lowest BCUT2D eigenvalue weighted by Crippen LogP contribution is -2.41. The number of methoxy groups -OCH3 is 2. The van der Waals surface area contributed by atoms with Crippen LogP contribution in [0.5, 0.6) is 11.5 Å². The van der Waals surface area contributed by atoms with E-state index in [1.54, 1.807) is 7.11 Å². The van der Waals surface area contributed by atoms with E-state index < -0.39 is 17.7 Å². The summed E-state index contributed by atoms with van der Waals surface area (Å²) in [4.78, 5) is 23.8. The van der Waals surface area contributed by atoms with Crippen LogP contribution in [0.15, 0.2) is 33.7 Å². The van der Waals surface area contributed by atoms with Crippen molar-refractivity contribution in [2.75, 3.05) is 14.2 Å². The van der Waals surface area contributed by atoms with Gasteiger partial charge in [0.05, 0.1) is 18.2 Å². The van der Waals surface area contributed by atoms with Crippen molar-refractivity contribution in [1.82, 2.24) is 0 Å². The van der Waals surface area contributed by atoms with Crippen LogP contribution in [-0.2, 0) is 11.2 Å². The van der Waals surface area contributed by atoms with Gasteiger partial charge in [-0.15, -0.1) is 0 Å². The Hall–Kier alpha value is -3.06. The molecule has 4 rings (SSSR count). The van der Waals surface area contributed by atoms with Crippen molar-refractivity contribution < 1.29 is 28.5 Å². The van der Waals surface area contributed by atoms with Crippen molar-refractivity contribution >= 4 is 16.9 Å². The third-order valence-corrected chi connectivity index (χ3v) is 5.17. The van der Waals surface area contributed by atoms with Crippen molar-refractivity contribution in [2.24, 2.45) is 5.41 Å². The van der Waals surface area contributed by atoms with Gasteiger partial charge < -0.3 is 23.7 Å². The summed E-state index contributed by atoms with van der Waals surface area (Å²) in [6.45, 7) is 4.07. The van der Waals surface area contributed by atoms with Gasteiger partial charge in [0.2, 0.25) is 12.0 Å². The van der Waals surface area contributed by atoms with E-state index in [1.165, 1.54) is 19.4 Å². The highest BCUT2D eigenvalue weighted by Gasteiger charge is 2.39. The number of hydrogen-bond acceptors (Lipinski definition) is 6. The van der Waals surface area contributed by atoms with Crippen molar-refractivity contribution in [3.8, 4) is 22.6 Å². The van der Waals surface area contributed by atoms with Crippen LogP contribution in [0.2, 0.25) is 0 Å². The van der Waals surface area contributed by atoms with E-state index in [1.807, 2.05) is 19.9 Å². The average molecular weight is 384 g/mol.